The van der Waals surface area contributed by atoms with Gasteiger partial charge in [-0.1, -0.05) is 30.3 Å². The van der Waals surface area contributed by atoms with Gasteiger partial charge < -0.3 is 20.3 Å². The van der Waals surface area contributed by atoms with Crippen LogP contribution in [0.15, 0.2) is 48.5 Å². The molecule has 2 aliphatic rings. The van der Waals surface area contributed by atoms with Gasteiger partial charge >= 0.3 is 6.09 Å². The van der Waals surface area contributed by atoms with Gasteiger partial charge in [0.05, 0.1) is 16.7 Å². The Morgan fingerprint density at radius 3 is 2.51 bits per heavy atom. The number of nitrogens with zero attached hydrogens (tertiary/aromatic N) is 4. The molecule has 11 heteroatoms. The predicted octanol–water partition coefficient (Wildman–Crippen LogP) is 6.74. The van der Waals surface area contributed by atoms with Gasteiger partial charge in [0.15, 0.2) is 11.6 Å². The maximum atomic E-state index is 15.1. The molecule has 0 spiro atoms. The number of rotatable bonds is 6. The second kappa shape index (κ2) is 10.7. The van der Waals surface area contributed by atoms with E-state index in [1.54, 1.807) is 0 Å². The summed E-state index contributed by atoms with van der Waals surface area (Å²) in [6, 6.07) is 15.9. The topological polar surface area (TPSA) is 108 Å². The quantitative estimate of drug-likeness (QED) is 0.195. The fraction of sp³-hybridized carbons (Fsp3) is 0.400. The summed E-state index contributed by atoms with van der Waals surface area (Å²) in [4.78, 5) is 24.8. The van der Waals surface area contributed by atoms with Crippen LogP contribution < -0.4 is 15.5 Å². The van der Waals surface area contributed by atoms with Gasteiger partial charge in [0.25, 0.3) is 0 Å². The van der Waals surface area contributed by atoms with Crippen LogP contribution in [-0.4, -0.2) is 44.9 Å². The first-order valence-corrected chi connectivity index (χ1v) is 15.0. The number of fused-ring (bicyclic) bond motifs is 1. The van der Waals surface area contributed by atoms with Crippen molar-refractivity contribution in [2.45, 2.75) is 63.5 Å². The SMILES string of the molecule is CC(C)(C)OC(=O)NC1(c2ccccc2)CCN(c2nc(Nc3n[nH]c(C4CC4)c3F)c3cc(I)ccc3n2)CC1. The molecule has 0 unspecified atom stereocenters. The van der Waals surface area contributed by atoms with Crippen LogP contribution in [0.4, 0.5) is 26.8 Å². The number of hydrogen-bond acceptors (Lipinski definition) is 7. The lowest BCUT2D eigenvalue weighted by Gasteiger charge is -2.43. The molecule has 1 saturated carbocycles. The Morgan fingerprint density at radius 1 is 1.10 bits per heavy atom. The zero-order chi connectivity index (χ0) is 28.8. The number of H-pyrrole nitrogens is 1. The van der Waals surface area contributed by atoms with Gasteiger partial charge in [-0.3, -0.25) is 5.10 Å². The minimum absolute atomic E-state index is 0.139. The number of aromatic amines is 1. The van der Waals surface area contributed by atoms with E-state index in [4.69, 9.17) is 14.7 Å². The molecule has 1 aliphatic heterocycles. The van der Waals surface area contributed by atoms with E-state index in [2.05, 4.69) is 48.3 Å². The standard InChI is InChI=1S/C30H33FIN7O2/c1-29(2,3)41-28(40)36-30(19-7-5-4-6-8-19)13-15-39(16-14-30)27-33-22-12-11-20(32)17-21(22)25(35-27)34-26-23(31)24(37-38-26)18-9-10-18/h4-8,11-12,17-18H,9-10,13-16H2,1-3H3,(H,36,40)(H2,33,34,35,37,38). The summed E-state index contributed by atoms with van der Waals surface area (Å²) in [5.74, 6) is 1.04. The summed E-state index contributed by atoms with van der Waals surface area (Å²) in [5.41, 5.74) is 1.14. The number of halogens is 2. The average molecular weight is 670 g/mol. The number of benzene rings is 2. The fourth-order valence-electron chi connectivity index (χ4n) is 5.33. The van der Waals surface area contributed by atoms with E-state index < -0.39 is 17.2 Å². The largest absolute Gasteiger partial charge is 0.444 e. The molecule has 2 aromatic heterocycles. The maximum absolute atomic E-state index is 15.1. The lowest BCUT2D eigenvalue weighted by Crippen LogP contribution is -2.54. The van der Waals surface area contributed by atoms with Gasteiger partial charge in [0.1, 0.15) is 11.4 Å². The highest BCUT2D eigenvalue weighted by molar-refractivity contribution is 14.1. The second-order valence-corrected chi connectivity index (χ2v) is 13.0. The third kappa shape index (κ3) is 5.95. The molecule has 2 aromatic carbocycles. The molecule has 0 bridgehead atoms. The lowest BCUT2D eigenvalue weighted by atomic mass is 9.81. The van der Waals surface area contributed by atoms with Crippen LogP contribution in [0.25, 0.3) is 10.9 Å². The van der Waals surface area contributed by atoms with Crippen molar-refractivity contribution < 1.29 is 13.9 Å². The van der Waals surface area contributed by atoms with Crippen LogP contribution in [0.5, 0.6) is 0 Å². The van der Waals surface area contributed by atoms with Gasteiger partial charge in [0.2, 0.25) is 5.95 Å². The van der Waals surface area contributed by atoms with Crippen molar-refractivity contribution in [1.29, 1.82) is 0 Å². The third-order valence-corrected chi connectivity index (χ3v) is 8.24. The maximum Gasteiger partial charge on any atom is 0.408 e. The third-order valence-electron chi connectivity index (χ3n) is 7.57. The second-order valence-electron chi connectivity index (χ2n) is 11.8. The number of alkyl carbamates (subject to hydrolysis) is 1. The number of anilines is 3. The molecule has 3 N–H and O–H groups in total. The molecular weight excluding hydrogens is 636 g/mol. The summed E-state index contributed by atoms with van der Waals surface area (Å²) in [6.07, 6.45) is 2.76. The van der Waals surface area contributed by atoms with Gasteiger partial charge in [-0.15, -0.1) is 0 Å². The number of hydrogen-bond donors (Lipinski definition) is 3. The van der Waals surface area contributed by atoms with Crippen LogP contribution in [-0.2, 0) is 10.3 Å². The molecule has 0 radical (unpaired) electrons. The number of piperidine rings is 1. The zero-order valence-electron chi connectivity index (χ0n) is 23.3. The minimum Gasteiger partial charge on any atom is -0.444 e. The first kappa shape index (κ1) is 27.7. The van der Waals surface area contributed by atoms with Crippen molar-refractivity contribution >= 4 is 57.2 Å². The molecule has 1 aliphatic carbocycles. The summed E-state index contributed by atoms with van der Waals surface area (Å²) in [5, 5.41) is 14.2. The van der Waals surface area contributed by atoms with E-state index in [-0.39, 0.29) is 17.6 Å². The molecule has 9 nitrogen and oxygen atoms in total. The molecule has 6 rings (SSSR count). The van der Waals surface area contributed by atoms with Gasteiger partial charge in [-0.05, 0) is 92.8 Å². The number of ether oxygens (including phenoxy) is 1. The highest BCUT2D eigenvalue weighted by Gasteiger charge is 2.39. The zero-order valence-corrected chi connectivity index (χ0v) is 25.5. The Labute approximate surface area is 251 Å². The monoisotopic (exact) mass is 669 g/mol. The molecule has 2 fully saturated rings. The van der Waals surface area contributed by atoms with Crippen LogP contribution in [0.3, 0.4) is 0 Å². The van der Waals surface area contributed by atoms with Crippen LogP contribution in [0.2, 0.25) is 0 Å². The number of aromatic nitrogens is 4. The molecule has 1 amide bonds. The number of carbonyl (C=O) groups excluding carboxylic acids is 1. The number of carbonyl (C=O) groups is 1. The van der Waals surface area contributed by atoms with Crippen molar-refractivity contribution in [3.05, 3.63) is 69.2 Å². The Hall–Kier alpha value is -3.48. The molecule has 1 saturated heterocycles. The summed E-state index contributed by atoms with van der Waals surface area (Å²) < 4.78 is 21.8. The van der Waals surface area contributed by atoms with Crippen molar-refractivity contribution in [2.24, 2.45) is 0 Å². The Balaban J connectivity index is 1.29. The average Bonchev–Trinajstić information content (AvgIpc) is 3.71. The molecule has 41 heavy (non-hydrogen) atoms. The van der Waals surface area contributed by atoms with E-state index in [0.29, 0.717) is 43.4 Å². The Bertz CT molecular complexity index is 1580. The number of amides is 1. The van der Waals surface area contributed by atoms with Crippen LogP contribution >= 0.6 is 22.6 Å². The van der Waals surface area contributed by atoms with Gasteiger partial charge in [0, 0.05) is 28.0 Å². The summed E-state index contributed by atoms with van der Waals surface area (Å²) in [7, 11) is 0. The summed E-state index contributed by atoms with van der Waals surface area (Å²) >= 11 is 2.25. The minimum atomic E-state index is -0.601. The highest BCUT2D eigenvalue weighted by atomic mass is 127. The molecule has 3 heterocycles. The van der Waals surface area contributed by atoms with Crippen molar-refractivity contribution in [3.8, 4) is 0 Å². The first-order chi connectivity index (χ1) is 19.6. The highest BCUT2D eigenvalue weighted by Crippen LogP contribution is 2.42. The van der Waals surface area contributed by atoms with E-state index in [1.165, 1.54) is 0 Å². The van der Waals surface area contributed by atoms with E-state index >= 15 is 4.39 Å². The van der Waals surface area contributed by atoms with Gasteiger partial charge in [-0.2, -0.15) is 10.1 Å². The molecule has 214 valence electrons. The molecule has 0 atom stereocenters. The predicted molar refractivity (Wildman–Crippen MR) is 165 cm³/mol. The van der Waals surface area contributed by atoms with Crippen molar-refractivity contribution in [2.75, 3.05) is 23.3 Å². The Kier molecular flexibility index (Phi) is 7.25. The van der Waals surface area contributed by atoms with Crippen molar-refractivity contribution in [3.63, 3.8) is 0 Å². The van der Waals surface area contributed by atoms with E-state index in [0.717, 1.165) is 32.9 Å². The smallest absolute Gasteiger partial charge is 0.408 e. The first-order valence-electron chi connectivity index (χ1n) is 13.9. The van der Waals surface area contributed by atoms with Crippen molar-refractivity contribution in [1.82, 2.24) is 25.5 Å². The van der Waals surface area contributed by atoms with E-state index in [1.807, 2.05) is 69.3 Å². The molecule has 4 aromatic rings. The van der Waals surface area contributed by atoms with Gasteiger partial charge in [-0.25, -0.2) is 14.2 Å². The number of nitrogens with one attached hydrogen (secondary N) is 3. The normalized spacial score (nSPS) is 17.0. The lowest BCUT2D eigenvalue weighted by molar-refractivity contribution is 0.0431. The van der Waals surface area contributed by atoms with Crippen LogP contribution in [0.1, 0.15) is 63.6 Å². The summed E-state index contributed by atoms with van der Waals surface area (Å²) in [6.45, 7) is 6.77. The van der Waals surface area contributed by atoms with E-state index in [9.17, 15) is 4.79 Å². The van der Waals surface area contributed by atoms with Crippen LogP contribution in [0, 0.1) is 9.39 Å². The molecular formula is C30H33FIN7O2. The fourth-order valence-corrected chi connectivity index (χ4v) is 5.83. The Morgan fingerprint density at radius 2 is 1.83 bits per heavy atom.